The Labute approximate surface area is 177 Å². The van der Waals surface area contributed by atoms with Gasteiger partial charge in [0.25, 0.3) is 0 Å². The molecule has 6 heteroatoms. The molecule has 5 nitrogen and oxygen atoms in total. The Bertz CT molecular complexity index is 1300. The standard InChI is InChI=1S/C25H18FNO4/c26-19-8-4-15(5-9-19)17-7-11-21(25(30)31)18(12-17)13-24(29)27-20-10-6-16-2-1-3-23(28)22(16)14-20/h1-12,14,28H,13H2,(H,27,29)(H,30,31). The quantitative estimate of drug-likeness (QED) is 0.417. The fourth-order valence-electron chi connectivity index (χ4n) is 3.48. The minimum absolute atomic E-state index is 0.0252. The first-order valence-corrected chi connectivity index (χ1v) is 9.54. The third-order valence-corrected chi connectivity index (χ3v) is 5.01. The highest BCUT2D eigenvalue weighted by Crippen LogP contribution is 2.28. The monoisotopic (exact) mass is 415 g/mol. The highest BCUT2D eigenvalue weighted by molar-refractivity contribution is 5.99. The number of carbonyl (C=O) groups excluding carboxylic acids is 1. The van der Waals surface area contributed by atoms with Crippen molar-refractivity contribution in [3.8, 4) is 16.9 Å². The number of nitrogens with one attached hydrogen (secondary N) is 1. The van der Waals surface area contributed by atoms with Gasteiger partial charge in [-0.3, -0.25) is 4.79 Å². The molecule has 31 heavy (non-hydrogen) atoms. The Kier molecular flexibility index (Phi) is 5.37. The lowest BCUT2D eigenvalue weighted by Crippen LogP contribution is -2.16. The molecular weight excluding hydrogens is 397 g/mol. The van der Waals surface area contributed by atoms with E-state index >= 15 is 0 Å². The van der Waals surface area contributed by atoms with E-state index in [0.29, 0.717) is 27.8 Å². The van der Waals surface area contributed by atoms with E-state index in [9.17, 15) is 24.2 Å². The third-order valence-electron chi connectivity index (χ3n) is 5.01. The van der Waals surface area contributed by atoms with E-state index in [1.54, 1.807) is 54.6 Å². The lowest BCUT2D eigenvalue weighted by Gasteiger charge is -2.11. The van der Waals surface area contributed by atoms with Gasteiger partial charge in [0, 0.05) is 11.1 Å². The van der Waals surface area contributed by atoms with Gasteiger partial charge in [-0.25, -0.2) is 9.18 Å². The lowest BCUT2D eigenvalue weighted by atomic mass is 9.97. The van der Waals surface area contributed by atoms with Crippen molar-refractivity contribution in [3.05, 3.63) is 95.8 Å². The molecule has 0 fully saturated rings. The number of carbonyl (C=O) groups is 2. The predicted molar refractivity (Wildman–Crippen MR) is 117 cm³/mol. The summed E-state index contributed by atoms with van der Waals surface area (Å²) >= 11 is 0. The SMILES string of the molecule is O=C(Cc1cc(-c2ccc(F)cc2)ccc1C(=O)O)Nc1ccc2cccc(O)c2c1. The van der Waals surface area contributed by atoms with Crippen LogP contribution in [0.1, 0.15) is 15.9 Å². The van der Waals surface area contributed by atoms with Crippen LogP contribution in [0.15, 0.2) is 78.9 Å². The zero-order valence-corrected chi connectivity index (χ0v) is 16.3. The predicted octanol–water partition coefficient (Wildman–Crippen LogP) is 5.23. The molecule has 154 valence electrons. The number of aromatic hydroxyl groups is 1. The number of halogens is 1. The van der Waals surface area contributed by atoms with Crippen LogP contribution in [0.4, 0.5) is 10.1 Å². The van der Waals surface area contributed by atoms with Crippen molar-refractivity contribution in [3.63, 3.8) is 0 Å². The van der Waals surface area contributed by atoms with Gasteiger partial charge < -0.3 is 15.5 Å². The summed E-state index contributed by atoms with van der Waals surface area (Å²) in [6, 6.07) is 20.8. The topological polar surface area (TPSA) is 86.6 Å². The summed E-state index contributed by atoms with van der Waals surface area (Å²) in [5, 5.41) is 23.7. The first-order chi connectivity index (χ1) is 14.9. The number of rotatable bonds is 5. The summed E-state index contributed by atoms with van der Waals surface area (Å²) in [6.07, 6.45) is -0.157. The Morgan fingerprint density at radius 2 is 1.61 bits per heavy atom. The average Bonchev–Trinajstić information content (AvgIpc) is 2.74. The largest absolute Gasteiger partial charge is 0.507 e. The Hall–Kier alpha value is -4.19. The van der Waals surface area contributed by atoms with Gasteiger partial charge in [0.05, 0.1) is 12.0 Å². The summed E-state index contributed by atoms with van der Waals surface area (Å²) in [7, 11) is 0. The minimum atomic E-state index is -1.14. The maximum Gasteiger partial charge on any atom is 0.335 e. The van der Waals surface area contributed by atoms with Crippen LogP contribution in [0, 0.1) is 5.82 Å². The summed E-state index contributed by atoms with van der Waals surface area (Å²) in [5.41, 5.74) is 2.26. The van der Waals surface area contributed by atoms with Gasteiger partial charge in [-0.15, -0.1) is 0 Å². The fraction of sp³-hybridized carbons (Fsp3) is 0.0400. The van der Waals surface area contributed by atoms with Crippen molar-refractivity contribution >= 4 is 28.3 Å². The van der Waals surface area contributed by atoms with Crippen molar-refractivity contribution in [2.45, 2.75) is 6.42 Å². The molecule has 0 aliphatic heterocycles. The molecular formula is C25H18FNO4. The molecule has 1 amide bonds. The number of phenolic OH excluding ortho intramolecular Hbond substituents is 1. The molecule has 0 atom stereocenters. The highest BCUT2D eigenvalue weighted by atomic mass is 19.1. The maximum atomic E-state index is 13.2. The second kappa shape index (κ2) is 8.28. The van der Waals surface area contributed by atoms with Crippen LogP contribution >= 0.6 is 0 Å². The van der Waals surface area contributed by atoms with E-state index in [4.69, 9.17) is 0 Å². The number of anilines is 1. The number of phenols is 1. The molecule has 0 radical (unpaired) electrons. The van der Waals surface area contributed by atoms with Gasteiger partial charge in [0.1, 0.15) is 11.6 Å². The van der Waals surface area contributed by atoms with Crippen LogP contribution in [-0.2, 0) is 11.2 Å². The van der Waals surface area contributed by atoms with Crippen molar-refractivity contribution in [1.82, 2.24) is 0 Å². The van der Waals surface area contributed by atoms with Crippen molar-refractivity contribution in [1.29, 1.82) is 0 Å². The normalized spacial score (nSPS) is 10.7. The number of amides is 1. The minimum Gasteiger partial charge on any atom is -0.507 e. The van der Waals surface area contributed by atoms with Crippen LogP contribution in [0.2, 0.25) is 0 Å². The molecule has 3 N–H and O–H groups in total. The van der Waals surface area contributed by atoms with E-state index < -0.39 is 11.9 Å². The number of benzene rings is 4. The Morgan fingerprint density at radius 3 is 2.35 bits per heavy atom. The van der Waals surface area contributed by atoms with Gasteiger partial charge in [0.15, 0.2) is 0 Å². The molecule has 4 aromatic rings. The second-order valence-electron chi connectivity index (χ2n) is 7.12. The van der Waals surface area contributed by atoms with E-state index in [-0.39, 0.29) is 23.6 Å². The molecule has 0 aliphatic carbocycles. The van der Waals surface area contributed by atoms with Crippen LogP contribution in [0.5, 0.6) is 5.75 Å². The molecule has 0 saturated heterocycles. The molecule has 4 rings (SSSR count). The number of hydrogen-bond acceptors (Lipinski definition) is 3. The van der Waals surface area contributed by atoms with Gasteiger partial charge in [0.2, 0.25) is 5.91 Å². The summed E-state index contributed by atoms with van der Waals surface area (Å²) in [5.74, 6) is -1.79. The average molecular weight is 415 g/mol. The third kappa shape index (κ3) is 4.38. The molecule has 0 heterocycles. The van der Waals surface area contributed by atoms with Crippen molar-refractivity contribution in [2.75, 3.05) is 5.32 Å². The van der Waals surface area contributed by atoms with Crippen LogP contribution in [0.25, 0.3) is 21.9 Å². The number of carboxylic acids is 1. The zero-order chi connectivity index (χ0) is 22.0. The number of hydrogen-bond donors (Lipinski definition) is 3. The number of fused-ring (bicyclic) bond motifs is 1. The lowest BCUT2D eigenvalue weighted by molar-refractivity contribution is -0.115. The molecule has 0 bridgehead atoms. The summed E-state index contributed by atoms with van der Waals surface area (Å²) in [6.45, 7) is 0. The van der Waals surface area contributed by atoms with Crippen LogP contribution in [-0.4, -0.2) is 22.1 Å². The highest BCUT2D eigenvalue weighted by Gasteiger charge is 2.15. The molecule has 0 aromatic heterocycles. The first kappa shape index (κ1) is 20.1. The van der Waals surface area contributed by atoms with E-state index in [0.717, 1.165) is 5.39 Å². The second-order valence-corrected chi connectivity index (χ2v) is 7.12. The van der Waals surface area contributed by atoms with Gasteiger partial charge >= 0.3 is 5.97 Å². The zero-order valence-electron chi connectivity index (χ0n) is 16.3. The number of carboxylic acid groups (broad SMARTS) is 1. The molecule has 0 saturated carbocycles. The number of aromatic carboxylic acids is 1. The molecule has 0 unspecified atom stereocenters. The molecule has 0 spiro atoms. The molecule has 0 aliphatic rings. The Balaban J connectivity index is 1.60. The van der Waals surface area contributed by atoms with Crippen molar-refractivity contribution in [2.24, 2.45) is 0 Å². The maximum absolute atomic E-state index is 13.2. The smallest absolute Gasteiger partial charge is 0.335 e. The summed E-state index contributed by atoms with van der Waals surface area (Å²) in [4.78, 5) is 24.3. The van der Waals surface area contributed by atoms with E-state index in [2.05, 4.69) is 5.32 Å². The Morgan fingerprint density at radius 1 is 0.871 bits per heavy atom. The van der Waals surface area contributed by atoms with Gasteiger partial charge in [-0.1, -0.05) is 36.4 Å². The fourth-order valence-corrected chi connectivity index (χ4v) is 3.48. The summed E-state index contributed by atoms with van der Waals surface area (Å²) < 4.78 is 13.2. The molecule has 4 aromatic carbocycles. The first-order valence-electron chi connectivity index (χ1n) is 9.54. The van der Waals surface area contributed by atoms with Gasteiger partial charge in [-0.05, 0) is 64.5 Å². The van der Waals surface area contributed by atoms with Crippen LogP contribution < -0.4 is 5.32 Å². The van der Waals surface area contributed by atoms with Gasteiger partial charge in [-0.2, -0.15) is 0 Å². The van der Waals surface area contributed by atoms with E-state index in [1.807, 2.05) is 6.07 Å². The van der Waals surface area contributed by atoms with E-state index in [1.165, 1.54) is 18.2 Å². The van der Waals surface area contributed by atoms with Crippen molar-refractivity contribution < 1.29 is 24.2 Å². The van der Waals surface area contributed by atoms with Crippen LogP contribution in [0.3, 0.4) is 0 Å².